The van der Waals surface area contributed by atoms with Crippen molar-refractivity contribution in [3.05, 3.63) is 143 Å². The lowest BCUT2D eigenvalue weighted by molar-refractivity contribution is 0.332. The molecule has 5 aromatic carbocycles. The molecule has 4 heteroatoms. The number of benzene rings is 5. The molecule has 0 amide bonds. The summed E-state index contributed by atoms with van der Waals surface area (Å²) in [6.45, 7) is 25.8. The molecule has 0 radical (unpaired) electrons. The van der Waals surface area contributed by atoms with Gasteiger partial charge in [0.1, 0.15) is 5.58 Å². The van der Waals surface area contributed by atoms with E-state index in [-0.39, 0.29) is 28.4 Å². The highest BCUT2D eigenvalue weighted by atomic mass is 16.3. The minimum Gasteiger partial charge on any atom is -0.468 e. The maximum Gasteiger partial charge on any atom is 0.297 e. The van der Waals surface area contributed by atoms with Crippen LogP contribution in [0.1, 0.15) is 128 Å². The summed E-state index contributed by atoms with van der Waals surface area (Å²) in [4.78, 5) is 5.12. The molecule has 4 aliphatic rings. The van der Waals surface area contributed by atoms with Crippen LogP contribution < -0.4 is 26.4 Å². The monoisotopic (exact) mass is 774 g/mol. The number of hydrogen-bond donors (Lipinski definition) is 0. The largest absolute Gasteiger partial charge is 0.468 e. The molecule has 0 N–H and O–H groups in total. The molecule has 3 nitrogen and oxygen atoms in total. The minimum atomic E-state index is -0.0966. The van der Waals surface area contributed by atoms with Gasteiger partial charge in [0.25, 0.3) is 6.71 Å². The molecule has 0 fully saturated rings. The topological polar surface area (TPSA) is 19.6 Å². The van der Waals surface area contributed by atoms with Gasteiger partial charge in [-0.1, -0.05) is 130 Å². The number of nitrogens with zero attached hydrogens (tertiary/aromatic N) is 2. The summed E-state index contributed by atoms with van der Waals surface area (Å²) in [6.07, 6.45) is 11.5. The molecule has 2 aliphatic heterocycles. The van der Waals surface area contributed by atoms with E-state index in [2.05, 4.69) is 195 Å². The first-order valence-electron chi connectivity index (χ1n) is 22.0. The van der Waals surface area contributed by atoms with Crippen molar-refractivity contribution in [2.45, 2.75) is 124 Å². The first-order valence-corrected chi connectivity index (χ1v) is 22.0. The molecule has 0 bridgehead atoms. The zero-order chi connectivity index (χ0) is 41.4. The molecular formula is C55H59BN2O. The van der Waals surface area contributed by atoms with Gasteiger partial charge in [-0.3, -0.25) is 0 Å². The zero-order valence-corrected chi connectivity index (χ0v) is 37.1. The molecule has 2 aliphatic carbocycles. The second kappa shape index (κ2) is 12.9. The van der Waals surface area contributed by atoms with E-state index in [0.29, 0.717) is 0 Å². The van der Waals surface area contributed by atoms with E-state index in [9.17, 15) is 0 Å². The van der Waals surface area contributed by atoms with Crippen LogP contribution in [0.3, 0.4) is 0 Å². The Hall–Kier alpha value is -5.22. The highest BCUT2D eigenvalue weighted by Crippen LogP contribution is 2.52. The van der Waals surface area contributed by atoms with Crippen LogP contribution in [0.25, 0.3) is 16.5 Å². The Bertz CT molecular complexity index is 2760. The lowest BCUT2D eigenvalue weighted by Crippen LogP contribution is -2.61. The summed E-state index contributed by atoms with van der Waals surface area (Å²) < 4.78 is 7.49. The van der Waals surface area contributed by atoms with Crippen molar-refractivity contribution in [2.75, 3.05) is 9.80 Å². The SMILES string of the molecule is Cc1cc2c3c(c1)N(c1ccc(C(C)(C)C)cc1)c1c(oc4cc5c(cc14)C(C)(C)CCC5(C)C)B3c1cc(C(C)(C)C)ccc1N2c1ccccc1C1=CCCC=C1. The van der Waals surface area contributed by atoms with Gasteiger partial charge < -0.3 is 14.2 Å². The van der Waals surface area contributed by atoms with E-state index in [1.807, 2.05) is 0 Å². The Labute approximate surface area is 352 Å². The third-order valence-electron chi connectivity index (χ3n) is 14.1. The van der Waals surface area contributed by atoms with Crippen molar-refractivity contribution in [3.63, 3.8) is 0 Å². The Kier molecular flexibility index (Phi) is 8.31. The van der Waals surface area contributed by atoms with Crippen molar-refractivity contribution >= 4 is 74.0 Å². The fourth-order valence-corrected chi connectivity index (χ4v) is 10.5. The zero-order valence-electron chi connectivity index (χ0n) is 37.1. The third kappa shape index (κ3) is 5.91. The highest BCUT2D eigenvalue weighted by Gasteiger charge is 2.48. The van der Waals surface area contributed by atoms with Crippen molar-refractivity contribution < 1.29 is 4.42 Å². The van der Waals surface area contributed by atoms with Crippen LogP contribution in [0.4, 0.5) is 34.1 Å². The lowest BCUT2D eigenvalue weighted by Gasteiger charge is -2.43. The maximum absolute atomic E-state index is 7.49. The van der Waals surface area contributed by atoms with Crippen LogP contribution in [-0.4, -0.2) is 6.71 Å². The summed E-state index contributed by atoms with van der Waals surface area (Å²) in [6, 6.07) is 35.4. The molecule has 10 rings (SSSR count). The van der Waals surface area contributed by atoms with E-state index >= 15 is 0 Å². The first kappa shape index (κ1) is 38.0. The Morgan fingerprint density at radius 2 is 1.29 bits per heavy atom. The van der Waals surface area contributed by atoms with Crippen LogP contribution in [0, 0.1) is 6.92 Å². The van der Waals surface area contributed by atoms with Crippen molar-refractivity contribution in [2.24, 2.45) is 0 Å². The van der Waals surface area contributed by atoms with Gasteiger partial charge in [0.05, 0.1) is 17.0 Å². The first-order chi connectivity index (χ1) is 27.9. The minimum absolute atomic E-state index is 0.0334. The molecule has 0 saturated carbocycles. The van der Waals surface area contributed by atoms with Gasteiger partial charge in [0.15, 0.2) is 0 Å². The molecular weight excluding hydrogens is 715 g/mol. The maximum atomic E-state index is 7.49. The summed E-state index contributed by atoms with van der Waals surface area (Å²) in [5.41, 5.74) is 21.3. The normalized spacial score (nSPS) is 17.7. The number of furan rings is 1. The summed E-state index contributed by atoms with van der Waals surface area (Å²) in [5.74, 6) is 0. The number of para-hydroxylation sites is 1. The fourth-order valence-electron chi connectivity index (χ4n) is 10.5. The van der Waals surface area contributed by atoms with Crippen LogP contribution in [0.2, 0.25) is 0 Å². The molecule has 0 saturated heterocycles. The molecule has 0 unspecified atom stereocenters. The number of allylic oxidation sites excluding steroid dienone is 4. The number of anilines is 6. The standard InChI is InChI=1S/C55H59BN2O/c1-34-29-46-49-47(30-34)58(44-20-16-15-19-39(44)35-17-13-12-14-18-35)45-26-23-37(53(5,6)7)31-43(45)56(49)51-50(57(46)38-24-21-36(22-25-38)52(2,3)4)40-32-41-42(33-48(40)59-51)55(10,11)28-27-54(41,8)9/h13,15-26,29-33H,12,14,27-28H2,1-11H3. The molecule has 0 spiro atoms. The highest BCUT2D eigenvalue weighted by molar-refractivity contribution is 7.00. The summed E-state index contributed by atoms with van der Waals surface area (Å²) in [5, 5.41) is 1.20. The van der Waals surface area contributed by atoms with Gasteiger partial charge in [-0.2, -0.15) is 0 Å². The van der Waals surface area contributed by atoms with Crippen molar-refractivity contribution in [1.29, 1.82) is 0 Å². The Balaban J connectivity index is 1.32. The van der Waals surface area contributed by atoms with Gasteiger partial charge in [-0.15, -0.1) is 0 Å². The number of fused-ring (bicyclic) bond motifs is 7. The molecule has 59 heavy (non-hydrogen) atoms. The van der Waals surface area contributed by atoms with E-state index in [1.165, 1.54) is 83.7 Å². The fraction of sp³-hybridized carbons (Fsp3) is 0.345. The van der Waals surface area contributed by atoms with E-state index < -0.39 is 0 Å². The van der Waals surface area contributed by atoms with Crippen LogP contribution >= 0.6 is 0 Å². The van der Waals surface area contributed by atoms with Gasteiger partial charge in [0, 0.05) is 33.7 Å². The summed E-state index contributed by atoms with van der Waals surface area (Å²) >= 11 is 0. The van der Waals surface area contributed by atoms with Crippen molar-refractivity contribution in [1.82, 2.24) is 0 Å². The van der Waals surface area contributed by atoms with Crippen LogP contribution in [-0.2, 0) is 21.7 Å². The van der Waals surface area contributed by atoms with E-state index in [1.54, 1.807) is 0 Å². The van der Waals surface area contributed by atoms with Gasteiger partial charge >= 0.3 is 0 Å². The molecule has 1 aromatic heterocycles. The average Bonchev–Trinajstić information content (AvgIpc) is 3.57. The predicted molar refractivity (Wildman–Crippen MR) is 254 cm³/mol. The quantitative estimate of drug-likeness (QED) is 0.167. The second-order valence-corrected chi connectivity index (χ2v) is 21.3. The molecule has 6 aromatic rings. The Morgan fingerprint density at radius 3 is 1.95 bits per heavy atom. The van der Waals surface area contributed by atoms with Gasteiger partial charge in [-0.25, -0.2) is 0 Å². The molecule has 298 valence electrons. The lowest BCUT2D eigenvalue weighted by atomic mass is 9.35. The molecule has 0 atom stereocenters. The van der Waals surface area contributed by atoms with Crippen LogP contribution in [0.15, 0.2) is 114 Å². The third-order valence-corrected chi connectivity index (χ3v) is 14.1. The second-order valence-electron chi connectivity index (χ2n) is 21.3. The van der Waals surface area contributed by atoms with E-state index in [0.717, 1.165) is 42.6 Å². The van der Waals surface area contributed by atoms with Crippen molar-refractivity contribution in [3.8, 4) is 0 Å². The average molecular weight is 775 g/mol. The smallest absolute Gasteiger partial charge is 0.297 e. The molecule has 3 heterocycles. The summed E-state index contributed by atoms with van der Waals surface area (Å²) in [7, 11) is 0. The van der Waals surface area contributed by atoms with E-state index in [4.69, 9.17) is 4.42 Å². The van der Waals surface area contributed by atoms with Crippen LogP contribution in [0.5, 0.6) is 0 Å². The number of hydrogen-bond acceptors (Lipinski definition) is 3. The number of rotatable bonds is 3. The number of aryl methyl sites for hydroxylation is 1. The van der Waals surface area contributed by atoms with Gasteiger partial charge in [-0.05, 0) is 147 Å². The predicted octanol–water partition coefficient (Wildman–Crippen LogP) is 13.5. The Morgan fingerprint density at radius 1 is 0.644 bits per heavy atom. The van der Waals surface area contributed by atoms with Gasteiger partial charge in [0.2, 0.25) is 0 Å².